The maximum atomic E-state index is 13.5. The number of esters is 1. The van der Waals surface area contributed by atoms with Gasteiger partial charge >= 0.3 is 11.7 Å². The van der Waals surface area contributed by atoms with Crippen LogP contribution in [0.1, 0.15) is 159 Å². The first-order valence-electron chi connectivity index (χ1n) is 33.2. The zero-order valence-electron chi connectivity index (χ0n) is 61.0. The molecule has 20 nitrogen and oxygen atoms in total. The number of rotatable bonds is 18. The molecular formula is C73H96Cl6FN11O9S2. The number of amides is 4. The van der Waals surface area contributed by atoms with E-state index in [1.165, 1.54) is 72.3 Å². The quantitative estimate of drug-likeness (QED) is 0.0411. The van der Waals surface area contributed by atoms with Gasteiger partial charge in [-0.25, -0.2) is 14.0 Å². The van der Waals surface area contributed by atoms with Crippen molar-refractivity contribution in [2.24, 2.45) is 0 Å². The van der Waals surface area contributed by atoms with Crippen LogP contribution in [0.4, 0.5) is 38.1 Å². The molecule has 1 aliphatic rings. The number of aromatic nitrogens is 5. The normalized spacial score (nSPS) is 12.2. The monoisotopic (exact) mass is 1560 g/mol. The van der Waals surface area contributed by atoms with Gasteiger partial charge in [-0.2, -0.15) is 19.6 Å². The summed E-state index contributed by atoms with van der Waals surface area (Å²) < 4.78 is 30.6. The largest absolute Gasteiger partial charge is 0.489 e. The number of hydrogen-bond acceptors (Lipinski definition) is 17. The Morgan fingerprint density at radius 3 is 1.79 bits per heavy atom. The molecule has 1 saturated heterocycles. The summed E-state index contributed by atoms with van der Waals surface area (Å²) in [4.78, 5) is 89.2. The van der Waals surface area contributed by atoms with Gasteiger partial charge in [-0.15, -0.1) is 16.7 Å². The number of thioether (sulfide) groups is 2. The molecule has 0 aliphatic carbocycles. The summed E-state index contributed by atoms with van der Waals surface area (Å²) in [7, 11) is 0. The van der Waals surface area contributed by atoms with Crippen LogP contribution in [0.5, 0.6) is 5.75 Å². The van der Waals surface area contributed by atoms with Crippen LogP contribution in [-0.2, 0) is 24.5 Å². The molecule has 3 heterocycles. The minimum Gasteiger partial charge on any atom is -0.489 e. The zero-order valence-corrected chi connectivity index (χ0v) is 67.2. The SMILES string of the molecule is CC(C)N(C(=O)CCl)c1ccccc1.CC(C)OC(=O)C(C)N(C(=O)c1ccccc1)c1ccc(F)c(Cl)c1.CC(C)Oc1cc(-n2nc(C(C)(C)C)oc2=O)c(Cl)cc1Cl.CCC(=O)Nc1ccc(Cl)c(Cl)c1.CCNc1nc(NC(C)(C)C)nc(SC)n1.CCSC(=O)N1CCCCCC1. The fourth-order valence-corrected chi connectivity index (χ4v) is 10.9. The number of ether oxygens (including phenoxy) is 2. The van der Waals surface area contributed by atoms with Gasteiger partial charge in [0.15, 0.2) is 5.16 Å². The summed E-state index contributed by atoms with van der Waals surface area (Å²) in [5.74, 6) is 0.638. The molecule has 558 valence electrons. The van der Waals surface area contributed by atoms with E-state index in [9.17, 15) is 33.2 Å². The Morgan fingerprint density at radius 1 is 0.686 bits per heavy atom. The van der Waals surface area contributed by atoms with Crippen molar-refractivity contribution >= 4 is 151 Å². The molecule has 1 atom stereocenters. The third-order valence-corrected chi connectivity index (χ3v) is 16.7. The molecule has 4 amide bonds. The predicted molar refractivity (Wildman–Crippen MR) is 420 cm³/mol. The van der Waals surface area contributed by atoms with Gasteiger partial charge < -0.3 is 39.6 Å². The molecule has 0 saturated carbocycles. The van der Waals surface area contributed by atoms with Crippen LogP contribution in [0.25, 0.3) is 5.69 Å². The van der Waals surface area contributed by atoms with Crippen molar-refractivity contribution in [2.75, 3.05) is 63.3 Å². The highest BCUT2D eigenvalue weighted by molar-refractivity contribution is 8.13. The van der Waals surface area contributed by atoms with Crippen molar-refractivity contribution < 1.29 is 42.3 Å². The van der Waals surface area contributed by atoms with E-state index in [1.54, 1.807) is 87.2 Å². The number of carbonyl (C=O) groups excluding carboxylic acids is 5. The maximum Gasteiger partial charge on any atom is 0.442 e. The minimum absolute atomic E-state index is 0.0209. The van der Waals surface area contributed by atoms with E-state index < -0.39 is 29.5 Å². The van der Waals surface area contributed by atoms with E-state index in [2.05, 4.69) is 56.8 Å². The Morgan fingerprint density at radius 2 is 1.29 bits per heavy atom. The molecule has 3 N–H and O–H groups in total. The molecule has 0 bridgehead atoms. The fourth-order valence-electron chi connectivity index (χ4n) is 8.82. The first kappa shape index (κ1) is 89.4. The Bertz CT molecular complexity index is 3840. The highest BCUT2D eigenvalue weighted by atomic mass is 35.5. The number of para-hydroxylation sites is 1. The molecule has 8 rings (SSSR count). The number of alkyl halides is 1. The number of anilines is 5. The summed E-state index contributed by atoms with van der Waals surface area (Å²) in [6.07, 6.45) is 6.98. The molecule has 1 aliphatic heterocycles. The van der Waals surface area contributed by atoms with E-state index in [-0.39, 0.29) is 62.2 Å². The number of benzene rings is 5. The van der Waals surface area contributed by atoms with Crippen LogP contribution in [0.3, 0.4) is 0 Å². The lowest BCUT2D eigenvalue weighted by Gasteiger charge is -2.29. The Hall–Kier alpha value is -6.83. The molecule has 0 radical (unpaired) electrons. The van der Waals surface area contributed by atoms with Crippen molar-refractivity contribution in [1.82, 2.24) is 29.6 Å². The molecule has 1 fully saturated rings. The van der Waals surface area contributed by atoms with Gasteiger partial charge in [0.05, 0.1) is 43.0 Å². The average molecular weight is 1570 g/mol. The Balaban J connectivity index is 0.000000325. The minimum atomic E-state index is -0.906. The standard InChI is InChI=1S/C19H19ClFNO3.C15H18Cl2N2O3.C11H14ClNO.C10H19N5S.C9H9Cl2NO.C9H17NOS/c1-12(2)25-19(24)13(3)22(15-9-10-17(21)16(20)11-15)18(23)14-7-5-4-6-8-14;1-8(2)21-12-7-11(9(16)6-10(12)17)19-14(20)22-13(18-19)15(3,4)5;1-9(2)13(11(14)8-12)10-6-4-3-5-7-10;1-6-11-7-12-8(15-10(2,3)4)14-9(13-7)16-5;1-2-9(13)12-6-3-4-7(10)8(11)5-6;1-2-12-9(11)10-7-5-3-4-6-8-10/h4-13H,1-3H3;6-8H,1-5H3;3-7,9H,8H2,1-2H3;6H2,1-5H3,(H2,11,12,13,14,15);3-5H,2H2,1H3,(H,12,13);2-8H2,1H3. The van der Waals surface area contributed by atoms with Crippen molar-refractivity contribution in [2.45, 2.75) is 183 Å². The predicted octanol–water partition coefficient (Wildman–Crippen LogP) is 19.7. The van der Waals surface area contributed by atoms with E-state index in [1.807, 2.05) is 104 Å². The smallest absolute Gasteiger partial charge is 0.442 e. The highest BCUT2D eigenvalue weighted by Gasteiger charge is 2.31. The first-order chi connectivity index (χ1) is 48.0. The molecule has 5 aromatic carbocycles. The van der Waals surface area contributed by atoms with Crippen LogP contribution in [0.2, 0.25) is 25.1 Å². The van der Waals surface area contributed by atoms with E-state index in [4.69, 9.17) is 83.5 Å². The number of nitrogens with zero attached hydrogens (tertiary/aromatic N) is 8. The maximum absolute atomic E-state index is 13.5. The summed E-state index contributed by atoms with van der Waals surface area (Å²) in [6, 6.07) is 29.3. The van der Waals surface area contributed by atoms with Crippen molar-refractivity contribution in [1.29, 1.82) is 0 Å². The summed E-state index contributed by atoms with van der Waals surface area (Å²) >= 11 is 38.1. The van der Waals surface area contributed by atoms with Crippen LogP contribution >= 0.6 is 93.1 Å². The number of halogens is 7. The molecular weight excluding hydrogens is 1470 g/mol. The van der Waals surface area contributed by atoms with Crippen molar-refractivity contribution in [3.8, 4) is 11.4 Å². The van der Waals surface area contributed by atoms with Crippen LogP contribution < -0.4 is 36.2 Å². The van der Waals surface area contributed by atoms with Crippen LogP contribution in [0, 0.1) is 5.82 Å². The molecule has 1 unspecified atom stereocenters. The van der Waals surface area contributed by atoms with Gasteiger partial charge in [-0.3, -0.25) is 24.1 Å². The zero-order chi connectivity index (χ0) is 76.6. The molecule has 7 aromatic rings. The third-order valence-electron chi connectivity index (χ3n) is 13.5. The second kappa shape index (κ2) is 44.7. The fraction of sp³-hybridized carbons (Fsp3) is 0.452. The Kier molecular flexibility index (Phi) is 39.2. The molecule has 29 heteroatoms. The summed E-state index contributed by atoms with van der Waals surface area (Å²) in [5.41, 5.74) is 2.20. The van der Waals surface area contributed by atoms with Crippen LogP contribution in [-0.4, -0.2) is 126 Å². The van der Waals surface area contributed by atoms with E-state index in [0.29, 0.717) is 67.7 Å². The molecule has 2 aromatic heterocycles. The molecule has 0 spiro atoms. The second-order valence-electron chi connectivity index (χ2n) is 25.4. The lowest BCUT2D eigenvalue weighted by molar-refractivity contribution is -0.148. The van der Waals surface area contributed by atoms with Gasteiger partial charge in [-0.1, -0.05) is 165 Å². The first-order valence-corrected chi connectivity index (χ1v) is 37.8. The van der Waals surface area contributed by atoms with Crippen LogP contribution in [0.15, 0.2) is 124 Å². The Labute approximate surface area is 638 Å². The van der Waals surface area contributed by atoms with E-state index in [0.717, 1.165) is 47.0 Å². The van der Waals surface area contributed by atoms with Gasteiger partial charge in [0.2, 0.25) is 29.6 Å². The lowest BCUT2D eigenvalue weighted by Crippen LogP contribution is -2.45. The summed E-state index contributed by atoms with van der Waals surface area (Å²) in [5, 5.41) is 15.7. The van der Waals surface area contributed by atoms with Gasteiger partial charge in [0.25, 0.3) is 11.1 Å². The van der Waals surface area contributed by atoms with Crippen molar-refractivity contribution in [3.05, 3.63) is 162 Å². The van der Waals surface area contributed by atoms with Crippen molar-refractivity contribution in [3.63, 3.8) is 0 Å². The lowest BCUT2D eigenvalue weighted by atomic mass is 9.97. The number of hydrogen-bond donors (Lipinski definition) is 3. The molecule has 102 heavy (non-hydrogen) atoms. The average Bonchev–Trinajstić information content (AvgIpc) is 1.70. The summed E-state index contributed by atoms with van der Waals surface area (Å²) in [6.45, 7) is 33.2. The van der Waals surface area contributed by atoms with Gasteiger partial charge in [-0.05, 0) is 168 Å². The topological polar surface area (TPSA) is 236 Å². The number of likely N-dealkylation sites (tertiary alicyclic amines) is 1. The van der Waals surface area contributed by atoms with E-state index >= 15 is 0 Å². The second-order valence-corrected chi connectivity index (χ2v) is 29.7. The highest BCUT2D eigenvalue weighted by Crippen LogP contribution is 2.34. The number of nitrogens with one attached hydrogen (secondary N) is 3. The number of carbonyl (C=O) groups is 5. The van der Waals surface area contributed by atoms with Gasteiger partial charge in [0, 0.05) is 71.7 Å². The van der Waals surface area contributed by atoms with Gasteiger partial charge in [0.1, 0.15) is 23.5 Å². The third kappa shape index (κ3) is 31.2.